The normalized spacial score (nSPS) is 25.5. The summed E-state index contributed by atoms with van der Waals surface area (Å²) in [6, 6.07) is 0. The average molecular weight is 211 g/mol. The summed E-state index contributed by atoms with van der Waals surface area (Å²) in [4.78, 5) is 11.3. The van der Waals surface area contributed by atoms with Gasteiger partial charge in [-0.05, 0) is 25.2 Å². The fourth-order valence-electron chi connectivity index (χ4n) is 1.91. The fourth-order valence-corrected chi connectivity index (χ4v) is 1.91. The quantitative estimate of drug-likeness (QED) is 0.393. The molecule has 0 amide bonds. The second-order valence-corrected chi connectivity index (χ2v) is 4.58. The van der Waals surface area contributed by atoms with E-state index >= 15 is 0 Å². The van der Waals surface area contributed by atoms with Gasteiger partial charge in [0, 0.05) is 0 Å². The lowest BCUT2D eigenvalue weighted by molar-refractivity contribution is -0.139. The second kappa shape index (κ2) is 4.45. The van der Waals surface area contributed by atoms with E-state index < -0.39 is 5.97 Å². The van der Waals surface area contributed by atoms with Gasteiger partial charge in [0.05, 0.1) is 5.92 Å². The van der Waals surface area contributed by atoms with Crippen molar-refractivity contribution < 1.29 is 15.0 Å². The lowest BCUT2D eigenvalue weighted by Crippen LogP contribution is -2.07. The van der Waals surface area contributed by atoms with Crippen molar-refractivity contribution in [2.24, 2.45) is 17.3 Å². The molecule has 0 aromatic heterocycles. The fraction of sp³-hybridized carbons (Fsp3) is 0.636. The molecule has 0 bridgehead atoms. The van der Waals surface area contributed by atoms with E-state index in [4.69, 9.17) is 5.26 Å². The predicted molar refractivity (Wildman–Crippen MR) is 55.5 cm³/mol. The zero-order chi connectivity index (χ0) is 10.9. The summed E-state index contributed by atoms with van der Waals surface area (Å²) in [5.41, 5.74) is 1.13. The predicted octanol–water partition coefficient (Wildman–Crippen LogP) is 1.42. The summed E-state index contributed by atoms with van der Waals surface area (Å²) in [5.74, 6) is -0.342. The van der Waals surface area contributed by atoms with Gasteiger partial charge in [-0.2, -0.15) is 0 Å². The highest BCUT2D eigenvalue weighted by Crippen LogP contribution is 2.59. The van der Waals surface area contributed by atoms with E-state index in [1.165, 1.54) is 11.8 Å². The molecular weight excluding hydrogens is 194 g/mol. The van der Waals surface area contributed by atoms with Crippen molar-refractivity contribution in [1.29, 1.82) is 5.26 Å². The van der Waals surface area contributed by atoms with E-state index in [9.17, 15) is 4.79 Å². The Hall–Kier alpha value is -1.34. The molecule has 4 heteroatoms. The van der Waals surface area contributed by atoms with Crippen LogP contribution >= 0.6 is 0 Å². The molecule has 0 aromatic rings. The maximum atomic E-state index is 11.3. The van der Waals surface area contributed by atoms with E-state index in [1.54, 1.807) is 0 Å². The maximum Gasteiger partial charge on any atom is 0.325 e. The minimum atomic E-state index is -0.403. The van der Waals surface area contributed by atoms with Gasteiger partial charge in [0.15, 0.2) is 0 Å². The van der Waals surface area contributed by atoms with Crippen molar-refractivity contribution in [3.8, 4) is 6.26 Å². The largest absolute Gasteiger partial charge is 0.412 e. The minimum absolute atomic E-state index is 0. The molecular formula is C11H17NO3. The molecule has 84 valence electrons. The Balaban J connectivity index is 0.00000196. The first kappa shape index (κ1) is 13.7. The Morgan fingerprint density at radius 2 is 2.00 bits per heavy atom. The van der Waals surface area contributed by atoms with E-state index in [0.29, 0.717) is 0 Å². The summed E-state index contributed by atoms with van der Waals surface area (Å²) in [6.07, 6.45) is 3.50. The van der Waals surface area contributed by atoms with Crippen molar-refractivity contribution in [2.75, 3.05) is 0 Å². The van der Waals surface area contributed by atoms with E-state index in [0.717, 1.165) is 0 Å². The third kappa shape index (κ3) is 2.57. The molecule has 0 saturated heterocycles. The Labute approximate surface area is 89.8 Å². The number of rotatable bonds is 2. The van der Waals surface area contributed by atoms with Crippen LogP contribution < -0.4 is 0 Å². The highest BCUT2D eigenvalue weighted by atomic mass is 16.5. The topological polar surface area (TPSA) is 81.6 Å². The lowest BCUT2D eigenvalue weighted by atomic mass is 10.1. The summed E-state index contributed by atoms with van der Waals surface area (Å²) in [5, 5.41) is 8.24. The molecule has 2 unspecified atom stereocenters. The zero-order valence-corrected chi connectivity index (χ0v) is 9.50. The van der Waals surface area contributed by atoms with Crippen LogP contribution in [0.5, 0.6) is 0 Å². The van der Waals surface area contributed by atoms with Gasteiger partial charge in [0.1, 0.15) is 0 Å². The molecule has 4 nitrogen and oxygen atoms in total. The number of carbonyl (C=O) groups is 1. The molecule has 1 rings (SSSR count). The van der Waals surface area contributed by atoms with Gasteiger partial charge in [0.2, 0.25) is 0 Å². The lowest BCUT2D eigenvalue weighted by Gasteiger charge is -1.97. The summed E-state index contributed by atoms with van der Waals surface area (Å²) < 4.78 is 4.35. The Morgan fingerprint density at radius 3 is 2.40 bits per heavy atom. The van der Waals surface area contributed by atoms with Crippen LogP contribution in [0.2, 0.25) is 0 Å². The second-order valence-electron chi connectivity index (χ2n) is 4.58. The van der Waals surface area contributed by atoms with Gasteiger partial charge >= 0.3 is 5.97 Å². The Kier molecular flexibility index (Phi) is 4.06. The Morgan fingerprint density at radius 1 is 1.47 bits per heavy atom. The molecule has 1 fully saturated rings. The molecule has 0 heterocycles. The monoisotopic (exact) mass is 211 g/mol. The number of allylic oxidation sites excluding steroid dienone is 2. The molecule has 0 aliphatic heterocycles. The van der Waals surface area contributed by atoms with Gasteiger partial charge in [-0.15, -0.1) is 5.26 Å². The van der Waals surface area contributed by atoms with Crippen molar-refractivity contribution >= 4 is 5.97 Å². The maximum absolute atomic E-state index is 11.3. The van der Waals surface area contributed by atoms with Gasteiger partial charge in [0.25, 0.3) is 6.26 Å². The molecule has 0 aromatic carbocycles. The first-order valence-electron chi connectivity index (χ1n) is 4.66. The van der Waals surface area contributed by atoms with Crippen molar-refractivity contribution in [3.63, 3.8) is 0 Å². The van der Waals surface area contributed by atoms with Crippen LogP contribution in [-0.4, -0.2) is 11.4 Å². The number of esters is 1. The van der Waals surface area contributed by atoms with Crippen LogP contribution in [0.25, 0.3) is 0 Å². The Bertz CT molecular complexity index is 321. The number of nitrogens with zero attached hydrogens (tertiary/aromatic N) is 1. The van der Waals surface area contributed by atoms with E-state index in [2.05, 4.69) is 10.8 Å². The highest BCUT2D eigenvalue weighted by molar-refractivity contribution is 5.79. The standard InChI is InChI=1S/C11H15NO2.H2O/c1-7(2)5-8-9(11(8,3)4)10(13)14-6-12;/h5,8-9H,1-4H3;1H2. The number of carbonyl (C=O) groups excluding carboxylic acids is 1. The molecule has 1 saturated carbocycles. The number of hydrogen-bond donors (Lipinski definition) is 0. The SMILES string of the molecule is CC(C)=CC1C(C(=O)OC#N)C1(C)C.O. The van der Waals surface area contributed by atoms with Crippen molar-refractivity contribution in [1.82, 2.24) is 0 Å². The van der Waals surface area contributed by atoms with Crippen LogP contribution in [0.15, 0.2) is 11.6 Å². The van der Waals surface area contributed by atoms with Crippen LogP contribution in [0.4, 0.5) is 0 Å². The van der Waals surface area contributed by atoms with Crippen LogP contribution in [0.1, 0.15) is 27.7 Å². The van der Waals surface area contributed by atoms with E-state index in [-0.39, 0.29) is 22.7 Å². The molecule has 15 heavy (non-hydrogen) atoms. The zero-order valence-electron chi connectivity index (χ0n) is 9.50. The highest BCUT2D eigenvalue weighted by Gasteiger charge is 2.61. The minimum Gasteiger partial charge on any atom is -0.412 e. The molecule has 1 aliphatic rings. The molecule has 0 radical (unpaired) electrons. The first-order valence-corrected chi connectivity index (χ1v) is 4.66. The number of hydrogen-bond acceptors (Lipinski definition) is 3. The van der Waals surface area contributed by atoms with Crippen LogP contribution in [-0.2, 0) is 9.53 Å². The summed E-state index contributed by atoms with van der Waals surface area (Å²) in [7, 11) is 0. The first-order chi connectivity index (χ1) is 6.41. The molecule has 2 N–H and O–H groups in total. The van der Waals surface area contributed by atoms with Gasteiger partial charge in [-0.3, -0.25) is 4.79 Å². The van der Waals surface area contributed by atoms with Gasteiger partial charge in [-0.1, -0.05) is 25.5 Å². The van der Waals surface area contributed by atoms with Crippen molar-refractivity contribution in [3.05, 3.63) is 11.6 Å². The third-order valence-electron chi connectivity index (χ3n) is 2.82. The number of nitriles is 1. The van der Waals surface area contributed by atoms with Crippen molar-refractivity contribution in [2.45, 2.75) is 27.7 Å². The van der Waals surface area contributed by atoms with Gasteiger partial charge in [-0.25, -0.2) is 0 Å². The van der Waals surface area contributed by atoms with Crippen LogP contribution in [0, 0.1) is 28.8 Å². The summed E-state index contributed by atoms with van der Waals surface area (Å²) in [6.45, 7) is 8.03. The smallest absolute Gasteiger partial charge is 0.325 e. The number of ether oxygens (including phenoxy) is 1. The molecule has 0 spiro atoms. The molecule has 2 atom stereocenters. The van der Waals surface area contributed by atoms with Gasteiger partial charge < -0.3 is 10.2 Å². The van der Waals surface area contributed by atoms with Crippen LogP contribution in [0.3, 0.4) is 0 Å². The van der Waals surface area contributed by atoms with E-state index in [1.807, 2.05) is 27.7 Å². The molecule has 1 aliphatic carbocycles. The average Bonchev–Trinajstić information content (AvgIpc) is 2.52. The summed E-state index contributed by atoms with van der Waals surface area (Å²) >= 11 is 0. The third-order valence-corrected chi connectivity index (χ3v) is 2.82.